The molecule has 0 saturated heterocycles. The van der Waals surface area contributed by atoms with Crippen molar-refractivity contribution >= 4 is 11.9 Å². The van der Waals surface area contributed by atoms with E-state index < -0.39 is 23.6 Å². The number of carbonyl (C=O) groups is 2. The normalized spacial score (nSPS) is 15.7. The Labute approximate surface area is 183 Å². The van der Waals surface area contributed by atoms with Crippen molar-refractivity contribution in [3.05, 3.63) is 78.4 Å². The monoisotopic (exact) mass is 420 g/mol. The van der Waals surface area contributed by atoms with Gasteiger partial charge in [0.1, 0.15) is 11.4 Å². The third kappa shape index (κ3) is 5.30. The van der Waals surface area contributed by atoms with Crippen molar-refractivity contribution in [1.82, 2.24) is 0 Å². The topological polar surface area (TPSA) is 72.8 Å². The lowest BCUT2D eigenvalue weighted by molar-refractivity contribution is -0.161. The fourth-order valence-corrected chi connectivity index (χ4v) is 3.70. The van der Waals surface area contributed by atoms with Crippen LogP contribution in [0.4, 0.5) is 0 Å². The molecule has 1 aliphatic rings. The summed E-state index contributed by atoms with van der Waals surface area (Å²) in [6.45, 7) is 10.4. The molecule has 0 amide bonds. The fraction of sp³-hybridized carbons (Fsp3) is 0.308. The van der Waals surface area contributed by atoms with Crippen LogP contribution < -0.4 is 4.74 Å². The van der Waals surface area contributed by atoms with Gasteiger partial charge < -0.3 is 14.6 Å². The van der Waals surface area contributed by atoms with Gasteiger partial charge in [-0.25, -0.2) is 9.59 Å². The molecule has 31 heavy (non-hydrogen) atoms. The predicted octanol–water partition coefficient (Wildman–Crippen LogP) is 5.30. The minimum atomic E-state index is -1.07. The van der Waals surface area contributed by atoms with Gasteiger partial charge in [0.15, 0.2) is 6.10 Å². The highest BCUT2D eigenvalue weighted by atomic mass is 16.6. The Hall–Kier alpha value is -3.18. The van der Waals surface area contributed by atoms with Crippen molar-refractivity contribution < 1.29 is 24.2 Å². The zero-order chi connectivity index (χ0) is 22.6. The smallest absolute Gasteiger partial charge is 0.338 e. The van der Waals surface area contributed by atoms with Gasteiger partial charge in [-0.2, -0.15) is 0 Å². The molecule has 0 heterocycles. The SMILES string of the molecule is C=C(C)C(=O)Oc1ccc(-c2ccc(C(OC(=O)C(=C)C)C3(O)CCCC3)cc2)cc1. The Morgan fingerprint density at radius 1 is 0.871 bits per heavy atom. The van der Waals surface area contributed by atoms with Crippen LogP contribution in [0, 0.1) is 0 Å². The van der Waals surface area contributed by atoms with Crippen LogP contribution in [0.5, 0.6) is 5.75 Å². The maximum Gasteiger partial charge on any atom is 0.338 e. The van der Waals surface area contributed by atoms with E-state index in [9.17, 15) is 14.7 Å². The van der Waals surface area contributed by atoms with E-state index in [1.54, 1.807) is 26.0 Å². The van der Waals surface area contributed by atoms with Crippen molar-refractivity contribution in [2.75, 3.05) is 0 Å². The van der Waals surface area contributed by atoms with E-state index in [4.69, 9.17) is 9.47 Å². The molecule has 5 heteroatoms. The first kappa shape index (κ1) is 22.5. The average molecular weight is 421 g/mol. The molecule has 5 nitrogen and oxygen atoms in total. The highest BCUT2D eigenvalue weighted by molar-refractivity contribution is 5.89. The lowest BCUT2D eigenvalue weighted by Gasteiger charge is -2.32. The minimum Gasteiger partial charge on any atom is -0.451 e. The van der Waals surface area contributed by atoms with Gasteiger partial charge in [-0.15, -0.1) is 0 Å². The Bertz CT molecular complexity index is 979. The molecule has 0 spiro atoms. The molecule has 3 rings (SSSR count). The molecule has 0 aromatic heterocycles. The fourth-order valence-electron chi connectivity index (χ4n) is 3.70. The van der Waals surface area contributed by atoms with Crippen LogP contribution in [0.2, 0.25) is 0 Å². The van der Waals surface area contributed by atoms with Gasteiger partial charge in [-0.05, 0) is 55.5 Å². The van der Waals surface area contributed by atoms with Crippen LogP contribution in [0.25, 0.3) is 11.1 Å². The highest BCUT2D eigenvalue weighted by Crippen LogP contribution is 2.42. The standard InChI is InChI=1S/C26H28O5/c1-17(2)24(27)30-22-13-11-20(12-14-22)19-7-9-21(10-8-19)23(31-25(28)18(3)4)26(29)15-5-6-16-26/h7-14,23,29H,1,3,5-6,15-16H2,2,4H3. The second-order valence-electron chi connectivity index (χ2n) is 8.19. The number of carbonyl (C=O) groups excluding carboxylic acids is 2. The van der Waals surface area contributed by atoms with Crippen LogP contribution in [-0.2, 0) is 14.3 Å². The molecule has 0 radical (unpaired) electrons. The molecular formula is C26H28O5. The summed E-state index contributed by atoms with van der Waals surface area (Å²) in [4.78, 5) is 23.8. The van der Waals surface area contributed by atoms with Crippen molar-refractivity contribution in [2.24, 2.45) is 0 Å². The third-order valence-corrected chi connectivity index (χ3v) is 5.49. The second kappa shape index (κ2) is 9.31. The van der Waals surface area contributed by atoms with E-state index in [2.05, 4.69) is 13.2 Å². The summed E-state index contributed by atoms with van der Waals surface area (Å²) < 4.78 is 10.9. The molecular weight excluding hydrogens is 392 g/mol. The van der Waals surface area contributed by atoms with Gasteiger partial charge in [0.25, 0.3) is 0 Å². The Morgan fingerprint density at radius 2 is 1.35 bits per heavy atom. The molecule has 1 aliphatic carbocycles. The predicted molar refractivity (Wildman–Crippen MR) is 119 cm³/mol. The molecule has 1 fully saturated rings. The molecule has 0 aliphatic heterocycles. The van der Waals surface area contributed by atoms with Crippen LogP contribution >= 0.6 is 0 Å². The molecule has 1 atom stereocenters. The summed E-state index contributed by atoms with van der Waals surface area (Å²) in [5.74, 6) is -0.518. The zero-order valence-corrected chi connectivity index (χ0v) is 18.0. The van der Waals surface area contributed by atoms with E-state index in [-0.39, 0.29) is 0 Å². The lowest BCUT2D eigenvalue weighted by Crippen LogP contribution is -2.36. The molecule has 2 aromatic rings. The first-order chi connectivity index (χ1) is 14.7. The van der Waals surface area contributed by atoms with Crippen LogP contribution in [-0.4, -0.2) is 22.6 Å². The van der Waals surface area contributed by atoms with Crippen molar-refractivity contribution in [3.63, 3.8) is 0 Å². The molecule has 1 saturated carbocycles. The van der Waals surface area contributed by atoms with E-state index >= 15 is 0 Å². The van der Waals surface area contributed by atoms with Gasteiger partial charge in [0, 0.05) is 11.1 Å². The lowest BCUT2D eigenvalue weighted by atomic mass is 9.88. The Kier molecular flexibility index (Phi) is 6.76. The first-order valence-corrected chi connectivity index (χ1v) is 10.4. The summed E-state index contributed by atoms with van der Waals surface area (Å²) >= 11 is 0. The van der Waals surface area contributed by atoms with Gasteiger partial charge in [-0.3, -0.25) is 0 Å². The maximum atomic E-state index is 12.2. The first-order valence-electron chi connectivity index (χ1n) is 10.4. The van der Waals surface area contributed by atoms with Crippen LogP contribution in [0.15, 0.2) is 72.8 Å². The summed E-state index contributed by atoms with van der Waals surface area (Å²) in [7, 11) is 0. The number of benzene rings is 2. The van der Waals surface area contributed by atoms with Gasteiger partial charge >= 0.3 is 11.9 Å². The summed E-state index contributed by atoms with van der Waals surface area (Å²) in [5, 5.41) is 11.1. The molecule has 1 unspecified atom stereocenters. The maximum absolute atomic E-state index is 12.2. The summed E-state index contributed by atoms with van der Waals surface area (Å²) in [5.41, 5.74) is 2.21. The van der Waals surface area contributed by atoms with Crippen molar-refractivity contribution in [2.45, 2.75) is 51.2 Å². The molecule has 1 N–H and O–H groups in total. The van der Waals surface area contributed by atoms with Gasteiger partial charge in [0.2, 0.25) is 0 Å². The highest BCUT2D eigenvalue weighted by Gasteiger charge is 2.43. The van der Waals surface area contributed by atoms with E-state index in [1.807, 2.05) is 36.4 Å². The van der Waals surface area contributed by atoms with Crippen molar-refractivity contribution in [1.29, 1.82) is 0 Å². The van der Waals surface area contributed by atoms with E-state index in [0.29, 0.717) is 29.7 Å². The zero-order valence-electron chi connectivity index (χ0n) is 18.0. The van der Waals surface area contributed by atoms with Crippen LogP contribution in [0.1, 0.15) is 51.2 Å². The number of rotatable bonds is 7. The summed E-state index contributed by atoms with van der Waals surface area (Å²) in [6, 6.07) is 14.8. The number of ether oxygens (including phenoxy) is 2. The van der Waals surface area contributed by atoms with Crippen LogP contribution in [0.3, 0.4) is 0 Å². The average Bonchev–Trinajstić information content (AvgIpc) is 3.19. The Balaban J connectivity index is 1.81. The number of aliphatic hydroxyl groups is 1. The van der Waals surface area contributed by atoms with Crippen molar-refractivity contribution in [3.8, 4) is 16.9 Å². The number of esters is 2. The number of hydrogen-bond acceptors (Lipinski definition) is 5. The van der Waals surface area contributed by atoms with Gasteiger partial charge in [-0.1, -0.05) is 62.4 Å². The second-order valence-corrected chi connectivity index (χ2v) is 8.19. The largest absolute Gasteiger partial charge is 0.451 e. The van der Waals surface area contributed by atoms with Gasteiger partial charge in [0.05, 0.1) is 0 Å². The Morgan fingerprint density at radius 3 is 1.84 bits per heavy atom. The minimum absolute atomic E-state index is 0.302. The third-order valence-electron chi connectivity index (χ3n) is 5.49. The summed E-state index contributed by atoms with van der Waals surface area (Å²) in [6.07, 6.45) is 2.24. The number of hydrogen-bond donors (Lipinski definition) is 1. The molecule has 162 valence electrons. The molecule has 0 bridgehead atoms. The quantitative estimate of drug-likeness (QED) is 0.374. The molecule has 2 aromatic carbocycles. The van der Waals surface area contributed by atoms with E-state index in [1.165, 1.54) is 0 Å². The van der Waals surface area contributed by atoms with E-state index in [0.717, 1.165) is 29.5 Å².